The highest BCUT2D eigenvalue weighted by atomic mass is 19.1. The Morgan fingerprint density at radius 2 is 1.79 bits per heavy atom. The zero-order chi connectivity index (χ0) is 41.2. The molecule has 3 aliphatic carbocycles. The van der Waals surface area contributed by atoms with Gasteiger partial charge in [-0.1, -0.05) is 45.5 Å². The van der Waals surface area contributed by atoms with Gasteiger partial charge < -0.3 is 48.7 Å². The summed E-state index contributed by atoms with van der Waals surface area (Å²) in [6.45, 7) is 15.8. The van der Waals surface area contributed by atoms with Gasteiger partial charge in [0.15, 0.2) is 18.0 Å². The number of esters is 3. The molecule has 2 aliphatic heterocycles. The summed E-state index contributed by atoms with van der Waals surface area (Å²) < 4.78 is 57.4. The fourth-order valence-corrected chi connectivity index (χ4v) is 9.79. The molecular formula is C41H54FNO13. The molecule has 6 rings (SSSR count). The van der Waals surface area contributed by atoms with Gasteiger partial charge in [-0.3, -0.25) is 4.79 Å². The van der Waals surface area contributed by atoms with Crippen molar-refractivity contribution in [2.75, 3.05) is 13.3 Å². The van der Waals surface area contributed by atoms with E-state index in [2.05, 4.69) is 11.9 Å². The molecule has 15 heteroatoms. The lowest BCUT2D eigenvalue weighted by atomic mass is 9.45. The minimum Gasteiger partial charge on any atom is -0.456 e. The van der Waals surface area contributed by atoms with Crippen LogP contribution in [-0.4, -0.2) is 113 Å². The number of alkyl halides is 1. The van der Waals surface area contributed by atoms with E-state index < -0.39 is 113 Å². The van der Waals surface area contributed by atoms with Crippen LogP contribution in [0.3, 0.4) is 0 Å². The zero-order valence-electron chi connectivity index (χ0n) is 33.2. The number of amides is 1. The Kier molecular flexibility index (Phi) is 11.0. The van der Waals surface area contributed by atoms with Crippen LogP contribution >= 0.6 is 0 Å². The van der Waals surface area contributed by atoms with Gasteiger partial charge in [-0.05, 0) is 69.9 Å². The third-order valence-corrected chi connectivity index (χ3v) is 12.5. The van der Waals surface area contributed by atoms with Crippen LogP contribution in [0.4, 0.5) is 9.18 Å². The average Bonchev–Trinajstić information content (AvgIpc) is 3.54. The van der Waals surface area contributed by atoms with Gasteiger partial charge in [0.05, 0.1) is 30.2 Å². The molecule has 2 saturated carbocycles. The smallest absolute Gasteiger partial charge is 0.408 e. The molecular weight excluding hydrogens is 733 g/mol. The Balaban J connectivity index is 1.50. The molecule has 14 nitrogen and oxygen atoms in total. The Hall–Kier alpha value is -3.89. The minimum atomic E-state index is -2.18. The molecule has 0 radical (unpaired) electrons. The Bertz CT molecular complexity index is 1760. The average molecular weight is 788 g/mol. The first-order chi connectivity index (χ1) is 26.1. The van der Waals surface area contributed by atoms with Gasteiger partial charge in [0.1, 0.15) is 42.3 Å². The SMILES string of the molecule is C=C[C@@H]1O[C@@H]2C3=C(C)[C@@H](OC(=O)[C@H](O)[C@H](CF)NC(=O)OC(C)(C)C)C[C@@](O)([C@@H](OC(=O)c4ccccc4)[C@H]4[C@@](C)(CC[C@H]5OC[C@]54OC(C)=O)[C@@H]2O1)C3(C)C. The molecule has 4 fully saturated rings. The van der Waals surface area contributed by atoms with Gasteiger partial charge in [0, 0.05) is 24.2 Å². The van der Waals surface area contributed by atoms with Crippen LogP contribution in [0.25, 0.3) is 0 Å². The number of aliphatic hydroxyl groups is 2. The van der Waals surface area contributed by atoms with Crippen molar-refractivity contribution in [3.05, 3.63) is 59.7 Å². The van der Waals surface area contributed by atoms with Crippen LogP contribution in [0.15, 0.2) is 54.1 Å². The van der Waals surface area contributed by atoms with E-state index in [9.17, 15) is 33.8 Å². The largest absolute Gasteiger partial charge is 0.456 e. The molecule has 1 aromatic rings. The number of carbonyl (C=O) groups is 4. The van der Waals surface area contributed by atoms with Crippen LogP contribution < -0.4 is 5.32 Å². The number of hydrogen-bond donors (Lipinski definition) is 3. The fourth-order valence-electron chi connectivity index (χ4n) is 9.79. The van der Waals surface area contributed by atoms with Crippen molar-refractivity contribution >= 4 is 24.0 Å². The van der Waals surface area contributed by atoms with Gasteiger partial charge in [0.2, 0.25) is 0 Å². The number of aliphatic hydroxyl groups excluding tert-OH is 1. The third kappa shape index (κ3) is 6.92. The van der Waals surface area contributed by atoms with E-state index in [-0.39, 0.29) is 18.6 Å². The molecule has 0 unspecified atom stereocenters. The van der Waals surface area contributed by atoms with Crippen LogP contribution in [0.1, 0.15) is 85.0 Å². The minimum absolute atomic E-state index is 0.0574. The fraction of sp³-hybridized carbons (Fsp3) is 0.659. The maximum atomic E-state index is 14.3. The van der Waals surface area contributed by atoms with Gasteiger partial charge in [-0.2, -0.15) is 0 Å². The van der Waals surface area contributed by atoms with E-state index in [1.807, 2.05) is 6.92 Å². The second-order valence-corrected chi connectivity index (χ2v) is 17.4. The van der Waals surface area contributed by atoms with Crippen molar-refractivity contribution in [3.8, 4) is 0 Å². The van der Waals surface area contributed by atoms with Crippen molar-refractivity contribution < 1.29 is 66.9 Å². The lowest BCUT2D eigenvalue weighted by Crippen LogP contribution is -2.79. The number of nitrogens with one attached hydrogen (secondary N) is 1. The van der Waals surface area contributed by atoms with Crippen LogP contribution in [0.2, 0.25) is 0 Å². The van der Waals surface area contributed by atoms with Crippen LogP contribution in [0.5, 0.6) is 0 Å². The molecule has 2 heterocycles. The number of halogens is 1. The van der Waals surface area contributed by atoms with Gasteiger partial charge in [-0.15, -0.1) is 0 Å². The molecule has 308 valence electrons. The summed E-state index contributed by atoms with van der Waals surface area (Å²) >= 11 is 0. The molecule has 56 heavy (non-hydrogen) atoms. The Labute approximate surface area is 326 Å². The Morgan fingerprint density at radius 3 is 2.36 bits per heavy atom. The highest BCUT2D eigenvalue weighted by Crippen LogP contribution is 2.66. The summed E-state index contributed by atoms with van der Waals surface area (Å²) in [5, 5.41) is 26.8. The van der Waals surface area contributed by atoms with E-state index in [0.717, 1.165) is 0 Å². The van der Waals surface area contributed by atoms with E-state index in [4.69, 9.17) is 33.2 Å². The predicted octanol–water partition coefficient (Wildman–Crippen LogP) is 4.25. The number of hydrogen-bond acceptors (Lipinski definition) is 13. The van der Waals surface area contributed by atoms with Crippen molar-refractivity contribution in [2.45, 2.75) is 140 Å². The van der Waals surface area contributed by atoms with Crippen LogP contribution in [-0.2, 0) is 42.7 Å². The number of rotatable bonds is 9. The summed E-state index contributed by atoms with van der Waals surface area (Å²) in [6, 6.07) is 6.50. The first kappa shape index (κ1) is 41.7. The quantitative estimate of drug-likeness (QED) is 0.184. The summed E-state index contributed by atoms with van der Waals surface area (Å²) in [7, 11) is 0. The standard InChI is InChI=1S/C41H54FNO13/c1-10-27-52-30-28-21(2)25(51-35(47)29(45)24(19-42)43-36(48)56-37(4,5)6)18-41(49,38(28,7)8)33(54-34(46)23-14-12-11-13-15-23)31-39(9,32(30)53-27)17-16-26-40(31,20-50-26)55-22(3)44/h10-15,24-27,29-33,45,49H,1,16-20H2,2-9H3,(H,43,48)/t24-,25-,26+,27+,29+,30+,31-,32+,33-,39+,40-,41+/m0/s1. The maximum Gasteiger partial charge on any atom is 0.408 e. The van der Waals surface area contributed by atoms with Crippen molar-refractivity contribution in [3.63, 3.8) is 0 Å². The highest BCUT2D eigenvalue weighted by molar-refractivity contribution is 5.89. The first-order valence-corrected chi connectivity index (χ1v) is 19.0. The van der Waals surface area contributed by atoms with Crippen molar-refractivity contribution in [1.29, 1.82) is 0 Å². The zero-order valence-corrected chi connectivity index (χ0v) is 33.2. The number of fused-ring (bicyclic) bond motifs is 8. The highest BCUT2D eigenvalue weighted by Gasteiger charge is 2.77. The van der Waals surface area contributed by atoms with E-state index in [1.165, 1.54) is 13.0 Å². The molecule has 2 saturated heterocycles. The van der Waals surface area contributed by atoms with E-state index in [0.29, 0.717) is 24.0 Å². The number of alkyl carbamates (subject to hydrolysis) is 1. The summed E-state index contributed by atoms with van der Waals surface area (Å²) in [5.41, 5.74) is -5.60. The summed E-state index contributed by atoms with van der Waals surface area (Å²) in [4.78, 5) is 53.4. The number of benzene rings is 1. The first-order valence-electron chi connectivity index (χ1n) is 19.0. The van der Waals surface area contributed by atoms with Gasteiger partial charge >= 0.3 is 24.0 Å². The van der Waals surface area contributed by atoms with Gasteiger partial charge in [-0.25, -0.2) is 18.8 Å². The third-order valence-electron chi connectivity index (χ3n) is 12.5. The van der Waals surface area contributed by atoms with E-state index in [1.54, 1.807) is 71.9 Å². The lowest BCUT2D eigenvalue weighted by molar-refractivity contribution is -0.345. The monoisotopic (exact) mass is 787 g/mol. The second kappa shape index (κ2) is 14.8. The summed E-state index contributed by atoms with van der Waals surface area (Å²) in [6.07, 6.45) is -7.20. The molecule has 0 spiro atoms. The molecule has 12 atom stereocenters. The molecule has 1 aromatic carbocycles. The lowest BCUT2D eigenvalue weighted by Gasteiger charge is -2.68. The molecule has 3 N–H and O–H groups in total. The summed E-state index contributed by atoms with van der Waals surface area (Å²) in [5.74, 6) is -3.63. The maximum absolute atomic E-state index is 14.3. The normalized spacial score (nSPS) is 36.7. The van der Waals surface area contributed by atoms with E-state index >= 15 is 0 Å². The second-order valence-electron chi connectivity index (χ2n) is 17.4. The topological polar surface area (TPSA) is 185 Å². The molecule has 2 bridgehead atoms. The predicted molar refractivity (Wildman–Crippen MR) is 196 cm³/mol. The Morgan fingerprint density at radius 1 is 1.11 bits per heavy atom. The number of carbonyl (C=O) groups excluding carboxylic acids is 4. The molecule has 5 aliphatic rings. The van der Waals surface area contributed by atoms with Crippen LogP contribution in [0, 0.1) is 16.7 Å². The molecule has 0 aromatic heterocycles. The number of ether oxygens (including phenoxy) is 7. The van der Waals surface area contributed by atoms with Crippen molar-refractivity contribution in [1.82, 2.24) is 5.32 Å². The van der Waals surface area contributed by atoms with Gasteiger partial charge in [0.25, 0.3) is 0 Å². The molecule has 1 amide bonds. The van der Waals surface area contributed by atoms with Crippen molar-refractivity contribution in [2.24, 2.45) is 16.7 Å².